The monoisotopic (exact) mass is 417 g/mol. The molecule has 2 aromatic rings. The summed E-state index contributed by atoms with van der Waals surface area (Å²) < 4.78 is 46.2. The number of ether oxygens (including phenoxy) is 1. The molecule has 0 aliphatic rings. The Morgan fingerprint density at radius 1 is 1.36 bits per heavy atom. The number of carbonyl (C=O) groups excluding carboxylic acids is 1. The predicted molar refractivity (Wildman–Crippen MR) is 104 cm³/mol. The van der Waals surface area contributed by atoms with Crippen LogP contribution in [0.1, 0.15) is 39.2 Å². The maximum Gasteiger partial charge on any atom is 0.416 e. The zero-order valence-electron chi connectivity index (χ0n) is 16.3. The Labute approximate surface area is 167 Å². The van der Waals surface area contributed by atoms with Crippen molar-refractivity contribution in [3.63, 3.8) is 0 Å². The van der Waals surface area contributed by atoms with Crippen LogP contribution in [0.5, 0.6) is 0 Å². The van der Waals surface area contributed by atoms with E-state index in [9.17, 15) is 18.0 Å². The number of carbonyl (C=O) groups is 1. The number of nitrogens with zero attached hydrogens (tertiary/aromatic N) is 2. The van der Waals surface area contributed by atoms with E-state index >= 15 is 0 Å². The molecular weight excluding hydrogens is 391 g/mol. The van der Waals surface area contributed by atoms with Crippen LogP contribution in [0.15, 0.2) is 23.4 Å². The van der Waals surface area contributed by atoms with E-state index in [0.717, 1.165) is 25.0 Å². The molecule has 1 aromatic heterocycles. The number of benzene rings is 1. The summed E-state index contributed by atoms with van der Waals surface area (Å²) in [6.07, 6.45) is -2.77. The van der Waals surface area contributed by atoms with E-state index in [0.29, 0.717) is 35.9 Å². The van der Waals surface area contributed by atoms with Gasteiger partial charge in [0.1, 0.15) is 0 Å². The van der Waals surface area contributed by atoms with Gasteiger partial charge in [0.15, 0.2) is 5.16 Å². The first kappa shape index (κ1) is 22.5. The fourth-order valence-corrected chi connectivity index (χ4v) is 3.50. The topological polar surface area (TPSA) is 56.2 Å². The molecule has 0 bridgehead atoms. The fourth-order valence-electron chi connectivity index (χ4n) is 2.63. The van der Waals surface area contributed by atoms with Gasteiger partial charge in [-0.1, -0.05) is 18.7 Å². The molecule has 1 N–H and O–H groups in total. The molecule has 2 rings (SSSR count). The van der Waals surface area contributed by atoms with E-state index in [1.54, 1.807) is 4.57 Å². The number of aromatic nitrogens is 2. The minimum atomic E-state index is -4.40. The lowest BCUT2D eigenvalue weighted by molar-refractivity contribution is -0.137. The summed E-state index contributed by atoms with van der Waals surface area (Å²) in [5.41, 5.74) is 0.232. The van der Waals surface area contributed by atoms with E-state index in [1.165, 1.54) is 17.8 Å². The number of fused-ring (bicyclic) bond motifs is 1. The third-order valence-electron chi connectivity index (χ3n) is 3.91. The van der Waals surface area contributed by atoms with E-state index < -0.39 is 11.7 Å². The summed E-state index contributed by atoms with van der Waals surface area (Å²) in [6.45, 7) is 7.49. The standard InChI is InChI=1S/C19H26F3N3O2S/c1-4-9-25-16-11-14(19(20,21)22)6-7-15(16)24-18(25)28-12-17(26)23-8-5-10-27-13(2)3/h6-7,11,13H,4-5,8-10,12H2,1-3H3,(H,23,26). The summed E-state index contributed by atoms with van der Waals surface area (Å²) in [4.78, 5) is 16.4. The van der Waals surface area contributed by atoms with Gasteiger partial charge in [0.25, 0.3) is 0 Å². The third-order valence-corrected chi connectivity index (χ3v) is 4.89. The number of thioether (sulfide) groups is 1. The van der Waals surface area contributed by atoms with Gasteiger partial charge in [-0.25, -0.2) is 4.98 Å². The highest BCUT2D eigenvalue weighted by Crippen LogP contribution is 2.33. The summed E-state index contributed by atoms with van der Waals surface area (Å²) in [6, 6.07) is 3.53. The minimum Gasteiger partial charge on any atom is -0.379 e. The summed E-state index contributed by atoms with van der Waals surface area (Å²) in [5.74, 6) is 0.0186. The Bertz CT molecular complexity index is 791. The third kappa shape index (κ3) is 6.41. The number of alkyl halides is 3. The smallest absolute Gasteiger partial charge is 0.379 e. The predicted octanol–water partition coefficient (Wildman–Crippen LogP) is 4.49. The number of nitrogens with one attached hydrogen (secondary N) is 1. The van der Waals surface area contributed by atoms with Crippen molar-refractivity contribution in [3.8, 4) is 0 Å². The van der Waals surface area contributed by atoms with Crippen molar-refractivity contribution in [2.24, 2.45) is 0 Å². The maximum absolute atomic E-state index is 13.0. The Hall–Kier alpha value is -1.74. The molecule has 5 nitrogen and oxygen atoms in total. The molecule has 1 amide bonds. The molecule has 28 heavy (non-hydrogen) atoms. The Morgan fingerprint density at radius 2 is 2.11 bits per heavy atom. The molecule has 0 saturated heterocycles. The van der Waals surface area contributed by atoms with Gasteiger partial charge < -0.3 is 14.6 Å². The van der Waals surface area contributed by atoms with Crippen LogP contribution < -0.4 is 5.32 Å². The molecule has 0 aliphatic heterocycles. The molecule has 9 heteroatoms. The molecule has 0 atom stereocenters. The van der Waals surface area contributed by atoms with Crippen molar-refractivity contribution in [3.05, 3.63) is 23.8 Å². The van der Waals surface area contributed by atoms with Crippen LogP contribution in [0.25, 0.3) is 11.0 Å². The number of halogens is 3. The Balaban J connectivity index is 2.01. The second kappa shape index (κ2) is 10.2. The second-order valence-electron chi connectivity index (χ2n) is 6.66. The summed E-state index contributed by atoms with van der Waals surface area (Å²) in [7, 11) is 0. The normalized spacial score (nSPS) is 12.1. The molecule has 0 fully saturated rings. The van der Waals surface area contributed by atoms with Gasteiger partial charge in [0.2, 0.25) is 5.91 Å². The van der Waals surface area contributed by atoms with E-state index in [-0.39, 0.29) is 17.8 Å². The van der Waals surface area contributed by atoms with Gasteiger partial charge in [-0.05, 0) is 44.9 Å². The van der Waals surface area contributed by atoms with Gasteiger partial charge in [0, 0.05) is 19.7 Å². The SMILES string of the molecule is CCCn1c(SCC(=O)NCCCOC(C)C)nc2ccc(C(F)(F)F)cc21. The molecule has 0 unspecified atom stereocenters. The highest BCUT2D eigenvalue weighted by atomic mass is 32.2. The summed E-state index contributed by atoms with van der Waals surface area (Å²) in [5, 5.41) is 3.37. The lowest BCUT2D eigenvalue weighted by atomic mass is 10.2. The first-order valence-corrected chi connectivity index (χ1v) is 10.3. The van der Waals surface area contributed by atoms with Crippen molar-refractivity contribution < 1.29 is 22.7 Å². The highest BCUT2D eigenvalue weighted by Gasteiger charge is 2.31. The Kier molecular flexibility index (Phi) is 8.18. The molecular formula is C19H26F3N3O2S. The molecule has 156 valence electrons. The van der Waals surface area contributed by atoms with Gasteiger partial charge in [-0.3, -0.25) is 4.79 Å². The van der Waals surface area contributed by atoms with Crippen LogP contribution in [0.3, 0.4) is 0 Å². The first-order chi connectivity index (χ1) is 13.2. The van der Waals surface area contributed by atoms with Crippen molar-refractivity contribution in [1.29, 1.82) is 0 Å². The van der Waals surface area contributed by atoms with E-state index in [1.807, 2.05) is 20.8 Å². The van der Waals surface area contributed by atoms with Crippen LogP contribution in [-0.2, 0) is 22.3 Å². The zero-order valence-corrected chi connectivity index (χ0v) is 17.1. The second-order valence-corrected chi connectivity index (χ2v) is 7.60. The Morgan fingerprint density at radius 3 is 2.75 bits per heavy atom. The number of aryl methyl sites for hydroxylation is 1. The first-order valence-electron chi connectivity index (χ1n) is 9.31. The number of hydrogen-bond donors (Lipinski definition) is 1. The van der Waals surface area contributed by atoms with Gasteiger partial charge in [-0.2, -0.15) is 13.2 Å². The number of rotatable bonds is 10. The number of hydrogen-bond acceptors (Lipinski definition) is 4. The zero-order chi connectivity index (χ0) is 20.7. The van der Waals surface area contributed by atoms with E-state index in [2.05, 4.69) is 10.3 Å². The lowest BCUT2D eigenvalue weighted by Crippen LogP contribution is -2.27. The quantitative estimate of drug-likeness (QED) is 0.457. The minimum absolute atomic E-state index is 0.138. The van der Waals surface area contributed by atoms with Crippen molar-refractivity contribution in [1.82, 2.24) is 14.9 Å². The van der Waals surface area contributed by atoms with Crippen LogP contribution in [0, 0.1) is 0 Å². The summed E-state index contributed by atoms with van der Waals surface area (Å²) >= 11 is 1.23. The maximum atomic E-state index is 13.0. The van der Waals surface area contributed by atoms with Crippen molar-refractivity contribution >= 4 is 28.7 Å². The van der Waals surface area contributed by atoms with Crippen LogP contribution >= 0.6 is 11.8 Å². The largest absolute Gasteiger partial charge is 0.416 e. The molecule has 1 aromatic carbocycles. The molecule has 1 heterocycles. The molecule has 0 saturated carbocycles. The van der Waals surface area contributed by atoms with Crippen LogP contribution in [0.2, 0.25) is 0 Å². The van der Waals surface area contributed by atoms with Crippen molar-refractivity contribution in [2.45, 2.75) is 57.6 Å². The average molecular weight is 417 g/mol. The average Bonchev–Trinajstić information content (AvgIpc) is 2.96. The highest BCUT2D eigenvalue weighted by molar-refractivity contribution is 7.99. The van der Waals surface area contributed by atoms with Crippen molar-refractivity contribution in [2.75, 3.05) is 18.9 Å². The van der Waals surface area contributed by atoms with Gasteiger partial charge >= 0.3 is 6.18 Å². The van der Waals surface area contributed by atoms with Gasteiger partial charge in [-0.15, -0.1) is 0 Å². The molecule has 0 aliphatic carbocycles. The fraction of sp³-hybridized carbons (Fsp3) is 0.579. The van der Waals surface area contributed by atoms with Gasteiger partial charge in [0.05, 0.1) is 28.5 Å². The van der Waals surface area contributed by atoms with E-state index in [4.69, 9.17) is 4.74 Å². The molecule has 0 radical (unpaired) electrons. The number of imidazole rings is 1. The van der Waals surface area contributed by atoms with Crippen LogP contribution in [0.4, 0.5) is 13.2 Å². The number of amides is 1. The molecule has 0 spiro atoms. The van der Waals surface area contributed by atoms with Crippen LogP contribution in [-0.4, -0.2) is 40.5 Å². The lowest BCUT2D eigenvalue weighted by Gasteiger charge is -2.10.